The van der Waals surface area contributed by atoms with E-state index in [1.54, 1.807) is 30.3 Å². The lowest BCUT2D eigenvalue weighted by molar-refractivity contribution is 0.411. The van der Waals surface area contributed by atoms with Crippen molar-refractivity contribution < 1.29 is 13.2 Å². The number of anilines is 1. The molecule has 0 spiro atoms. The highest BCUT2D eigenvalue weighted by molar-refractivity contribution is 9.10. The van der Waals surface area contributed by atoms with E-state index in [9.17, 15) is 8.42 Å². The first kappa shape index (κ1) is 15.4. The zero-order chi connectivity index (χ0) is 15.5. The standard InChI is InChI=1S/C15H12BrNO3S/c1-3-11-5-4-6-12(9-11)17-21(18,19)13-7-8-15(20-2)14(16)10-13/h1,4-10,17H,2H3. The molecule has 2 aromatic rings. The fourth-order valence-corrected chi connectivity index (χ4v) is 3.47. The zero-order valence-electron chi connectivity index (χ0n) is 11.1. The minimum atomic E-state index is -3.69. The number of sulfonamides is 1. The molecule has 2 aromatic carbocycles. The predicted molar refractivity (Wildman–Crippen MR) is 85.9 cm³/mol. The quantitative estimate of drug-likeness (QED) is 0.846. The van der Waals surface area contributed by atoms with Crippen LogP contribution >= 0.6 is 15.9 Å². The maximum Gasteiger partial charge on any atom is 0.261 e. The fraction of sp³-hybridized carbons (Fsp3) is 0.0667. The molecule has 0 amide bonds. The Bertz CT molecular complexity index is 810. The molecule has 108 valence electrons. The first-order valence-corrected chi connectivity index (χ1v) is 8.17. The van der Waals surface area contributed by atoms with E-state index in [1.807, 2.05) is 0 Å². The Morgan fingerprint density at radius 1 is 1.24 bits per heavy atom. The van der Waals surface area contributed by atoms with Crippen LogP contribution in [0.4, 0.5) is 5.69 Å². The summed E-state index contributed by atoms with van der Waals surface area (Å²) in [4.78, 5) is 0.126. The van der Waals surface area contributed by atoms with Crippen molar-refractivity contribution in [2.45, 2.75) is 4.90 Å². The van der Waals surface area contributed by atoms with Crippen LogP contribution in [-0.4, -0.2) is 15.5 Å². The summed E-state index contributed by atoms with van der Waals surface area (Å²) in [7, 11) is -2.18. The molecular weight excluding hydrogens is 354 g/mol. The van der Waals surface area contributed by atoms with Crippen molar-refractivity contribution in [2.75, 3.05) is 11.8 Å². The minimum Gasteiger partial charge on any atom is -0.496 e. The number of nitrogens with one attached hydrogen (secondary N) is 1. The predicted octanol–water partition coefficient (Wildman–Crippen LogP) is 3.24. The van der Waals surface area contributed by atoms with Crippen molar-refractivity contribution in [3.63, 3.8) is 0 Å². The molecule has 0 radical (unpaired) electrons. The molecule has 0 atom stereocenters. The van der Waals surface area contributed by atoms with Crippen molar-refractivity contribution in [2.24, 2.45) is 0 Å². The van der Waals surface area contributed by atoms with Gasteiger partial charge in [0.15, 0.2) is 0 Å². The molecule has 0 saturated heterocycles. The topological polar surface area (TPSA) is 55.4 Å². The molecule has 4 nitrogen and oxygen atoms in total. The number of ether oxygens (including phenoxy) is 1. The van der Waals surface area contributed by atoms with Crippen LogP contribution < -0.4 is 9.46 Å². The van der Waals surface area contributed by atoms with Crippen LogP contribution in [0.25, 0.3) is 0 Å². The Morgan fingerprint density at radius 3 is 2.62 bits per heavy atom. The third kappa shape index (κ3) is 3.57. The minimum absolute atomic E-state index is 0.126. The summed E-state index contributed by atoms with van der Waals surface area (Å²) in [5, 5.41) is 0. The first-order chi connectivity index (χ1) is 9.96. The molecule has 0 fully saturated rings. The van der Waals surface area contributed by atoms with Crippen LogP contribution in [0.15, 0.2) is 51.8 Å². The highest BCUT2D eigenvalue weighted by atomic mass is 79.9. The van der Waals surface area contributed by atoms with E-state index in [2.05, 4.69) is 26.6 Å². The van der Waals surface area contributed by atoms with Gasteiger partial charge in [-0.15, -0.1) is 6.42 Å². The van der Waals surface area contributed by atoms with Gasteiger partial charge in [-0.25, -0.2) is 8.42 Å². The van der Waals surface area contributed by atoms with Crippen LogP contribution in [0.5, 0.6) is 5.75 Å². The average Bonchev–Trinajstić information content (AvgIpc) is 2.47. The Hall–Kier alpha value is -1.97. The monoisotopic (exact) mass is 365 g/mol. The average molecular weight is 366 g/mol. The number of hydrogen-bond donors (Lipinski definition) is 1. The van der Waals surface area contributed by atoms with E-state index in [-0.39, 0.29) is 4.90 Å². The van der Waals surface area contributed by atoms with Gasteiger partial charge in [-0.05, 0) is 52.3 Å². The van der Waals surface area contributed by atoms with Gasteiger partial charge in [-0.2, -0.15) is 0 Å². The van der Waals surface area contributed by atoms with E-state index in [0.717, 1.165) is 0 Å². The van der Waals surface area contributed by atoms with Crippen LogP contribution in [0.3, 0.4) is 0 Å². The lowest BCUT2D eigenvalue weighted by atomic mass is 10.2. The van der Waals surface area contributed by atoms with Gasteiger partial charge in [0, 0.05) is 5.56 Å². The second-order valence-corrected chi connectivity index (χ2v) is 6.66. The zero-order valence-corrected chi connectivity index (χ0v) is 13.5. The molecule has 0 unspecified atom stereocenters. The first-order valence-electron chi connectivity index (χ1n) is 5.89. The largest absolute Gasteiger partial charge is 0.496 e. The van der Waals surface area contributed by atoms with Gasteiger partial charge < -0.3 is 4.74 Å². The van der Waals surface area contributed by atoms with Gasteiger partial charge in [0.2, 0.25) is 0 Å². The lowest BCUT2D eigenvalue weighted by Crippen LogP contribution is -2.13. The second-order valence-electron chi connectivity index (χ2n) is 4.13. The molecule has 0 aromatic heterocycles. The van der Waals surface area contributed by atoms with Crippen molar-refractivity contribution >= 4 is 31.6 Å². The van der Waals surface area contributed by atoms with Crippen molar-refractivity contribution in [3.05, 3.63) is 52.5 Å². The highest BCUT2D eigenvalue weighted by Gasteiger charge is 2.16. The smallest absolute Gasteiger partial charge is 0.261 e. The van der Waals surface area contributed by atoms with Crippen LogP contribution in [0.1, 0.15) is 5.56 Å². The summed E-state index contributed by atoms with van der Waals surface area (Å²) in [6.07, 6.45) is 5.30. The van der Waals surface area contributed by atoms with E-state index in [0.29, 0.717) is 21.5 Å². The van der Waals surface area contributed by atoms with E-state index >= 15 is 0 Å². The summed E-state index contributed by atoms with van der Waals surface area (Å²) < 4.78 is 32.8. The molecule has 1 N–H and O–H groups in total. The molecule has 0 aliphatic heterocycles. The Balaban J connectivity index is 2.34. The summed E-state index contributed by atoms with van der Waals surface area (Å²) in [5.41, 5.74) is 1.02. The molecular formula is C15H12BrNO3S. The van der Waals surface area contributed by atoms with Gasteiger partial charge in [-0.1, -0.05) is 12.0 Å². The number of halogens is 1. The van der Waals surface area contributed by atoms with Crippen molar-refractivity contribution in [1.29, 1.82) is 0 Å². The Labute approximate surface area is 132 Å². The van der Waals surface area contributed by atoms with Crippen LogP contribution in [-0.2, 0) is 10.0 Å². The number of rotatable bonds is 4. The van der Waals surface area contributed by atoms with Gasteiger partial charge >= 0.3 is 0 Å². The maximum absolute atomic E-state index is 12.3. The number of methoxy groups -OCH3 is 1. The summed E-state index contributed by atoms with van der Waals surface area (Å²) in [6.45, 7) is 0. The highest BCUT2D eigenvalue weighted by Crippen LogP contribution is 2.28. The van der Waals surface area contributed by atoms with E-state index in [4.69, 9.17) is 11.2 Å². The molecule has 0 heterocycles. The number of benzene rings is 2. The molecule has 0 bridgehead atoms. The van der Waals surface area contributed by atoms with Gasteiger partial charge in [-0.3, -0.25) is 4.72 Å². The Morgan fingerprint density at radius 2 is 2.00 bits per heavy atom. The van der Waals surface area contributed by atoms with E-state index in [1.165, 1.54) is 19.2 Å². The molecule has 0 aliphatic rings. The van der Waals surface area contributed by atoms with Crippen molar-refractivity contribution in [1.82, 2.24) is 0 Å². The molecule has 0 saturated carbocycles. The lowest BCUT2D eigenvalue weighted by Gasteiger charge is -2.10. The molecule has 21 heavy (non-hydrogen) atoms. The van der Waals surface area contributed by atoms with Crippen LogP contribution in [0.2, 0.25) is 0 Å². The van der Waals surface area contributed by atoms with Gasteiger partial charge in [0.25, 0.3) is 10.0 Å². The summed E-state index contributed by atoms with van der Waals surface area (Å²) in [5.74, 6) is 3.02. The summed E-state index contributed by atoms with van der Waals surface area (Å²) in [6, 6.07) is 11.2. The molecule has 0 aliphatic carbocycles. The second kappa shape index (κ2) is 6.20. The number of hydrogen-bond acceptors (Lipinski definition) is 3. The summed E-state index contributed by atoms with van der Waals surface area (Å²) >= 11 is 3.26. The van der Waals surface area contributed by atoms with Gasteiger partial charge in [0.05, 0.1) is 22.2 Å². The number of terminal acetylenes is 1. The SMILES string of the molecule is C#Cc1cccc(NS(=O)(=O)c2ccc(OC)c(Br)c2)c1. The van der Waals surface area contributed by atoms with Crippen LogP contribution in [0, 0.1) is 12.3 Å². The third-order valence-corrected chi connectivity index (χ3v) is 4.71. The van der Waals surface area contributed by atoms with Gasteiger partial charge in [0.1, 0.15) is 5.75 Å². The normalized spacial score (nSPS) is 10.7. The molecule has 6 heteroatoms. The third-order valence-electron chi connectivity index (χ3n) is 2.72. The fourth-order valence-electron chi connectivity index (χ4n) is 1.70. The Kier molecular flexibility index (Phi) is 4.56. The van der Waals surface area contributed by atoms with E-state index < -0.39 is 10.0 Å². The van der Waals surface area contributed by atoms with Crippen molar-refractivity contribution in [3.8, 4) is 18.1 Å². The maximum atomic E-state index is 12.3. The molecule has 2 rings (SSSR count).